The van der Waals surface area contributed by atoms with Crippen LogP contribution in [-0.2, 0) is 9.59 Å². The van der Waals surface area contributed by atoms with Gasteiger partial charge in [0.25, 0.3) is 0 Å². The first kappa shape index (κ1) is 19.0. The van der Waals surface area contributed by atoms with Gasteiger partial charge in [-0.25, -0.2) is 0 Å². The molecular weight excluding hydrogens is 382 g/mol. The number of carbonyl (C=O) groups is 2. The van der Waals surface area contributed by atoms with E-state index in [-0.39, 0.29) is 18.4 Å². The van der Waals surface area contributed by atoms with Crippen molar-refractivity contribution in [2.75, 3.05) is 24.2 Å². The van der Waals surface area contributed by atoms with Gasteiger partial charge in [-0.15, -0.1) is 0 Å². The van der Waals surface area contributed by atoms with Gasteiger partial charge < -0.3 is 15.5 Å². The van der Waals surface area contributed by atoms with Crippen molar-refractivity contribution in [2.24, 2.45) is 0 Å². The van der Waals surface area contributed by atoms with Crippen LogP contribution in [0.1, 0.15) is 12.5 Å². The van der Waals surface area contributed by atoms with E-state index in [0.717, 1.165) is 21.4 Å². The van der Waals surface area contributed by atoms with Crippen LogP contribution in [0.3, 0.4) is 0 Å². The second-order valence-corrected chi connectivity index (χ2v) is 6.90. The molecule has 2 rings (SSSR count). The summed E-state index contributed by atoms with van der Waals surface area (Å²) in [5, 5.41) is 5.93. The number of aryl methyl sites for hydroxylation is 1. The van der Waals surface area contributed by atoms with Crippen molar-refractivity contribution < 1.29 is 9.59 Å². The minimum Gasteiger partial charge on any atom is -0.374 e. The summed E-state index contributed by atoms with van der Waals surface area (Å²) in [6.45, 7) is 3.76. The Bertz CT molecular complexity index is 729. The maximum Gasteiger partial charge on any atom is 0.244 e. The number of benzene rings is 2. The van der Waals surface area contributed by atoms with Gasteiger partial charge in [0, 0.05) is 22.9 Å². The van der Waals surface area contributed by atoms with E-state index in [0.29, 0.717) is 0 Å². The molecule has 0 aliphatic rings. The molecule has 25 heavy (non-hydrogen) atoms. The normalized spacial score (nSPS) is 11.5. The Morgan fingerprint density at radius 3 is 2.20 bits per heavy atom. The van der Waals surface area contributed by atoms with Crippen molar-refractivity contribution >= 4 is 39.1 Å². The zero-order valence-corrected chi connectivity index (χ0v) is 16.1. The maximum absolute atomic E-state index is 12.4. The van der Waals surface area contributed by atoms with Gasteiger partial charge in [0.2, 0.25) is 11.8 Å². The molecule has 2 amide bonds. The van der Waals surface area contributed by atoms with Gasteiger partial charge in [-0.3, -0.25) is 9.59 Å². The van der Waals surface area contributed by atoms with Crippen LogP contribution in [0.4, 0.5) is 11.4 Å². The Morgan fingerprint density at radius 2 is 1.60 bits per heavy atom. The Hall–Kier alpha value is -2.34. The first-order valence-electron chi connectivity index (χ1n) is 7.99. The summed E-state index contributed by atoms with van der Waals surface area (Å²) in [4.78, 5) is 25.9. The highest BCUT2D eigenvalue weighted by molar-refractivity contribution is 9.10. The number of nitrogens with one attached hydrogen (secondary N) is 2. The van der Waals surface area contributed by atoms with E-state index in [1.165, 1.54) is 4.90 Å². The lowest BCUT2D eigenvalue weighted by Crippen LogP contribution is -2.42. The maximum atomic E-state index is 12.4. The van der Waals surface area contributed by atoms with Crippen molar-refractivity contribution in [1.29, 1.82) is 0 Å². The Balaban J connectivity index is 1.86. The average molecular weight is 404 g/mol. The highest BCUT2D eigenvalue weighted by Gasteiger charge is 2.19. The summed E-state index contributed by atoms with van der Waals surface area (Å²) >= 11 is 3.37. The van der Waals surface area contributed by atoms with E-state index < -0.39 is 6.04 Å². The smallest absolute Gasteiger partial charge is 0.244 e. The second-order valence-electron chi connectivity index (χ2n) is 5.98. The predicted octanol–water partition coefficient (Wildman–Crippen LogP) is 3.66. The van der Waals surface area contributed by atoms with Gasteiger partial charge in [-0.1, -0.05) is 33.6 Å². The van der Waals surface area contributed by atoms with Crippen LogP contribution < -0.4 is 10.6 Å². The zero-order valence-electron chi connectivity index (χ0n) is 14.5. The molecule has 0 fully saturated rings. The summed E-state index contributed by atoms with van der Waals surface area (Å²) in [7, 11) is 1.62. The molecule has 0 heterocycles. The third-order valence-corrected chi connectivity index (χ3v) is 4.22. The van der Waals surface area contributed by atoms with Crippen LogP contribution in [0.25, 0.3) is 0 Å². The number of rotatable bonds is 6. The lowest BCUT2D eigenvalue weighted by Gasteiger charge is -2.22. The average Bonchev–Trinajstić information content (AvgIpc) is 2.58. The highest BCUT2D eigenvalue weighted by atomic mass is 79.9. The van der Waals surface area contributed by atoms with E-state index in [2.05, 4.69) is 26.6 Å². The number of nitrogens with zero attached hydrogens (tertiary/aromatic N) is 1. The summed E-state index contributed by atoms with van der Waals surface area (Å²) in [6, 6.07) is 14.7. The van der Waals surface area contributed by atoms with Crippen molar-refractivity contribution in [3.63, 3.8) is 0 Å². The first-order chi connectivity index (χ1) is 11.8. The monoisotopic (exact) mass is 403 g/mol. The minimum atomic E-state index is -0.432. The molecule has 0 aliphatic carbocycles. The third-order valence-electron chi connectivity index (χ3n) is 3.69. The fraction of sp³-hybridized carbons (Fsp3) is 0.263. The largest absolute Gasteiger partial charge is 0.374 e. The van der Waals surface area contributed by atoms with E-state index in [4.69, 9.17) is 0 Å². The van der Waals surface area contributed by atoms with Gasteiger partial charge in [0.05, 0.1) is 6.54 Å². The summed E-state index contributed by atoms with van der Waals surface area (Å²) in [6.07, 6.45) is 0. The molecule has 1 atom stereocenters. The SMILES string of the molecule is Cc1ccc(NC(=O)CN(C)C(=O)[C@@H](C)Nc2ccc(Br)cc2)cc1. The van der Waals surface area contributed by atoms with Crippen LogP contribution in [-0.4, -0.2) is 36.3 Å². The molecule has 0 unspecified atom stereocenters. The molecule has 132 valence electrons. The molecule has 2 N–H and O–H groups in total. The fourth-order valence-corrected chi connectivity index (χ4v) is 2.58. The van der Waals surface area contributed by atoms with E-state index in [1.54, 1.807) is 14.0 Å². The number of carbonyl (C=O) groups excluding carboxylic acids is 2. The van der Waals surface area contributed by atoms with Crippen LogP contribution in [0.5, 0.6) is 0 Å². The van der Waals surface area contributed by atoms with E-state index >= 15 is 0 Å². The van der Waals surface area contributed by atoms with E-state index in [1.807, 2.05) is 55.5 Å². The Kier molecular flexibility index (Phi) is 6.58. The quantitative estimate of drug-likeness (QED) is 0.773. The molecule has 2 aromatic rings. The van der Waals surface area contributed by atoms with Gasteiger partial charge in [-0.05, 0) is 50.2 Å². The molecule has 0 bridgehead atoms. The molecule has 5 nitrogen and oxygen atoms in total. The number of hydrogen-bond donors (Lipinski definition) is 2. The minimum absolute atomic E-state index is 0.000925. The molecule has 0 aromatic heterocycles. The van der Waals surface area contributed by atoms with Gasteiger partial charge >= 0.3 is 0 Å². The summed E-state index contributed by atoms with van der Waals surface area (Å²) in [5.41, 5.74) is 2.69. The highest BCUT2D eigenvalue weighted by Crippen LogP contribution is 2.15. The van der Waals surface area contributed by atoms with Crippen LogP contribution in [0, 0.1) is 6.92 Å². The van der Waals surface area contributed by atoms with Crippen molar-refractivity contribution in [3.8, 4) is 0 Å². The topological polar surface area (TPSA) is 61.4 Å². The summed E-state index contributed by atoms with van der Waals surface area (Å²) < 4.78 is 0.974. The van der Waals surface area contributed by atoms with Crippen molar-refractivity contribution in [2.45, 2.75) is 19.9 Å². The molecule has 6 heteroatoms. The standard InChI is InChI=1S/C19H22BrN3O2/c1-13-4-8-17(9-5-13)22-18(24)12-23(3)19(25)14(2)21-16-10-6-15(20)7-11-16/h4-11,14,21H,12H2,1-3H3,(H,22,24)/t14-/m1/s1. The lowest BCUT2D eigenvalue weighted by atomic mass is 10.2. The lowest BCUT2D eigenvalue weighted by molar-refractivity contribution is -0.133. The molecule has 0 saturated heterocycles. The molecule has 0 aliphatic heterocycles. The number of hydrogen-bond acceptors (Lipinski definition) is 3. The molecule has 0 spiro atoms. The molecule has 2 aromatic carbocycles. The van der Waals surface area contributed by atoms with Crippen molar-refractivity contribution in [3.05, 3.63) is 58.6 Å². The van der Waals surface area contributed by atoms with E-state index in [9.17, 15) is 9.59 Å². The summed E-state index contributed by atoms with van der Waals surface area (Å²) in [5.74, 6) is -0.377. The fourth-order valence-electron chi connectivity index (χ4n) is 2.32. The number of halogens is 1. The Morgan fingerprint density at radius 1 is 1.04 bits per heavy atom. The zero-order chi connectivity index (χ0) is 18.4. The second kappa shape index (κ2) is 8.67. The van der Waals surface area contributed by atoms with Crippen LogP contribution in [0.15, 0.2) is 53.0 Å². The van der Waals surface area contributed by atoms with Crippen LogP contribution >= 0.6 is 15.9 Å². The number of likely N-dealkylation sites (N-methyl/N-ethyl adjacent to an activating group) is 1. The molecule has 0 radical (unpaired) electrons. The number of amides is 2. The van der Waals surface area contributed by atoms with Gasteiger partial charge in [0.1, 0.15) is 6.04 Å². The first-order valence-corrected chi connectivity index (χ1v) is 8.78. The molecule has 0 saturated carbocycles. The third kappa shape index (κ3) is 5.90. The van der Waals surface area contributed by atoms with Gasteiger partial charge in [0.15, 0.2) is 0 Å². The number of anilines is 2. The van der Waals surface area contributed by atoms with Crippen LogP contribution in [0.2, 0.25) is 0 Å². The predicted molar refractivity (Wildman–Crippen MR) is 105 cm³/mol. The van der Waals surface area contributed by atoms with Crippen molar-refractivity contribution in [1.82, 2.24) is 4.90 Å². The molecular formula is C19H22BrN3O2. The van der Waals surface area contributed by atoms with Gasteiger partial charge in [-0.2, -0.15) is 0 Å². The Labute approximate surface area is 156 Å².